The molecule has 3 aliphatic rings. The summed E-state index contributed by atoms with van der Waals surface area (Å²) in [4.78, 5) is 148. The van der Waals surface area contributed by atoms with Crippen LogP contribution < -0.4 is 52.3 Å². The Bertz CT molecular complexity index is 4550. The first kappa shape index (κ1) is 86.0. The number of ether oxygens (including phenoxy) is 7. The monoisotopic (exact) mass is 1590 g/mol. The molecule has 10 amide bonds. The third-order valence-corrected chi connectivity index (χ3v) is 19.1. The molecule has 0 spiro atoms. The number of imidazole rings is 3. The van der Waals surface area contributed by atoms with Crippen molar-refractivity contribution < 1.29 is 86.2 Å². The van der Waals surface area contributed by atoms with Crippen LogP contribution in [-0.4, -0.2) is 251 Å². The fourth-order valence-corrected chi connectivity index (χ4v) is 13.0. The first-order valence-corrected chi connectivity index (χ1v) is 38.2. The van der Waals surface area contributed by atoms with Gasteiger partial charge in [0, 0.05) is 151 Å². The molecule has 0 bridgehead atoms. The number of benzene rings is 2. The van der Waals surface area contributed by atoms with Crippen molar-refractivity contribution in [2.45, 2.75) is 64.6 Å². The van der Waals surface area contributed by atoms with E-state index in [0.29, 0.717) is 110 Å². The molecule has 0 saturated heterocycles. The topological polar surface area (TPSA) is 425 Å². The third kappa shape index (κ3) is 25.5. The molecule has 0 unspecified atom stereocenters. The number of aromatic nitrogens is 8. The van der Waals surface area contributed by atoms with Gasteiger partial charge in [-0.1, -0.05) is 36.4 Å². The second-order valence-corrected chi connectivity index (χ2v) is 27.7. The molecule has 37 heteroatoms. The van der Waals surface area contributed by atoms with Crippen molar-refractivity contribution >= 4 is 99.0 Å². The van der Waals surface area contributed by atoms with Crippen molar-refractivity contribution in [3.8, 4) is 0 Å². The van der Waals surface area contributed by atoms with E-state index in [9.17, 15) is 53.1 Å². The van der Waals surface area contributed by atoms with Crippen LogP contribution in [0, 0.1) is 5.92 Å². The fourth-order valence-electron chi connectivity index (χ4n) is 13.0. The van der Waals surface area contributed by atoms with Crippen LogP contribution in [-0.2, 0) is 106 Å². The van der Waals surface area contributed by atoms with E-state index in [1.54, 1.807) is 64.0 Å². The maximum absolute atomic E-state index is 13.3. The van der Waals surface area contributed by atoms with Crippen molar-refractivity contribution in [3.05, 3.63) is 143 Å². The number of aryl methyl sites for hydroxylation is 5. The van der Waals surface area contributed by atoms with E-state index in [1.165, 1.54) is 55.2 Å². The SMILES string of the molecule is CC(=O)N1c2ccc(C3=CCN(C(=O)COCCOCCOCCOCCOCCOCCOCCNC(=O)CCNC(=O)c4nc(NC(=O)CCNC(=O)c5cc(NC(=O)c6nc(NC(=O)CCNC(=O)c7cc(NC(=O)c8nccn8C)cn7C)cn6C)cn5C)cn4C)CC3)cc2N(Cc2ccccc2CO)C[C@@H]1C1CC1. The Labute approximate surface area is 665 Å². The lowest BCUT2D eigenvalue weighted by molar-refractivity contribution is -0.136. The summed E-state index contributed by atoms with van der Waals surface area (Å²) in [5, 5.41) is 31.4. The molecular weight excluding hydrogens is 1490 g/mol. The lowest BCUT2D eigenvalue weighted by Crippen LogP contribution is -2.52. The fraction of sp³-hybridized carbons (Fsp3) is 0.474. The summed E-state index contributed by atoms with van der Waals surface area (Å²) in [6.45, 7) is 8.67. The number of aliphatic hydroxyl groups excluding tert-OH is 1. The molecule has 2 aliphatic heterocycles. The summed E-state index contributed by atoms with van der Waals surface area (Å²) in [5.74, 6) is -3.22. The zero-order valence-electron chi connectivity index (χ0n) is 65.7. The Morgan fingerprint density at radius 3 is 1.51 bits per heavy atom. The van der Waals surface area contributed by atoms with Crippen LogP contribution in [0.3, 0.4) is 0 Å². The summed E-state index contributed by atoms with van der Waals surface area (Å²) in [6.07, 6.45) is 13.8. The number of aliphatic hydroxyl groups is 1. The number of amides is 10. The minimum absolute atomic E-state index is 0.00807. The molecule has 7 heterocycles. The van der Waals surface area contributed by atoms with Crippen LogP contribution in [0.4, 0.5) is 34.4 Å². The number of rotatable bonds is 46. The number of nitrogens with zero attached hydrogens (tertiary/aromatic N) is 11. The molecular formula is C78H103N19O18. The number of anilines is 6. The first-order valence-electron chi connectivity index (χ1n) is 38.2. The van der Waals surface area contributed by atoms with E-state index in [-0.39, 0.29) is 142 Å². The number of carbonyl (C=O) groups is 10. The van der Waals surface area contributed by atoms with Gasteiger partial charge >= 0.3 is 0 Å². The highest BCUT2D eigenvalue weighted by molar-refractivity contribution is 6.05. The maximum atomic E-state index is 13.3. The van der Waals surface area contributed by atoms with Crippen molar-refractivity contribution in [2.24, 2.45) is 41.2 Å². The lowest BCUT2D eigenvalue weighted by atomic mass is 9.95. The molecule has 1 aliphatic carbocycles. The Morgan fingerprint density at radius 1 is 0.504 bits per heavy atom. The summed E-state index contributed by atoms with van der Waals surface area (Å²) in [6, 6.07) is 17.3. The number of fused-ring (bicyclic) bond motifs is 1. The Kier molecular flexibility index (Phi) is 32.3. The Hall–Kier alpha value is -11.5. The molecule has 37 nitrogen and oxygen atoms in total. The van der Waals surface area contributed by atoms with Crippen molar-refractivity contribution in [1.82, 2.24) is 64.0 Å². The molecule has 7 aromatic rings. The Morgan fingerprint density at radius 2 is 1.01 bits per heavy atom. The van der Waals surface area contributed by atoms with E-state index >= 15 is 0 Å². The predicted molar refractivity (Wildman–Crippen MR) is 422 cm³/mol. The van der Waals surface area contributed by atoms with E-state index in [2.05, 4.69) is 92.7 Å². The third-order valence-electron chi connectivity index (χ3n) is 19.1. The van der Waals surface area contributed by atoms with Gasteiger partial charge in [-0.15, -0.1) is 0 Å². The number of hydrogen-bond donors (Lipinski definition) is 9. The molecule has 618 valence electrons. The second kappa shape index (κ2) is 43.2. The highest BCUT2D eigenvalue weighted by Gasteiger charge is 2.43. The van der Waals surface area contributed by atoms with Gasteiger partial charge in [-0.3, -0.25) is 47.9 Å². The standard InChI is InChI=1S/C78H103N19O18/c1-52(99)97-60-14-13-55(41-61(60)96(47-64(97)54-11-12-54)44-56-9-7-8-10-57(56)50-98)53-18-25-95(26-19-53)70(103)51-115-40-39-114-38-37-113-36-35-112-34-33-111-32-31-110-30-29-109-28-24-79-67(100)15-20-83-76(106)72-88-65(48-93(72)5)86-68(101)16-21-82-75(105)63-43-59(46-92(63)4)85-78(108)73-89-66(49-94(73)6)87-69(102)17-22-81-74(104)62-42-58(45-91(62)3)84-77(107)71-80-23-27-90(71)2/h7-10,13-14,18,23,27,41-43,45-46,48-49,54,64,98H,11-12,15-17,19-22,24-26,28-40,44,47,50-51H2,1-6H3,(H,79,100)(H,81,104)(H,82,105)(H,83,106)(H,84,107)(H,85,108)(H,86,101)(H,87,102)/t64-/m1/s1. The highest BCUT2D eigenvalue weighted by Crippen LogP contribution is 2.46. The van der Waals surface area contributed by atoms with Gasteiger partial charge in [0.1, 0.15) is 18.0 Å². The van der Waals surface area contributed by atoms with Crippen LogP contribution in [0.15, 0.2) is 97.9 Å². The zero-order valence-corrected chi connectivity index (χ0v) is 65.7. The van der Waals surface area contributed by atoms with E-state index < -0.39 is 41.4 Å². The average molecular weight is 1590 g/mol. The van der Waals surface area contributed by atoms with Crippen molar-refractivity contribution in [3.63, 3.8) is 0 Å². The molecule has 1 atom stereocenters. The average Bonchev–Trinajstić information content (AvgIpc) is 1.68. The van der Waals surface area contributed by atoms with Crippen LogP contribution in [0.2, 0.25) is 0 Å². The quantitative estimate of drug-likeness (QED) is 0.0248. The van der Waals surface area contributed by atoms with Crippen LogP contribution in [0.5, 0.6) is 0 Å². The maximum Gasteiger partial charge on any atom is 0.291 e. The minimum Gasteiger partial charge on any atom is -0.392 e. The molecule has 5 aromatic heterocycles. The molecule has 1 saturated carbocycles. The largest absolute Gasteiger partial charge is 0.392 e. The van der Waals surface area contributed by atoms with Gasteiger partial charge in [0.25, 0.3) is 29.5 Å². The van der Waals surface area contributed by atoms with Gasteiger partial charge in [-0.05, 0) is 71.7 Å². The normalized spacial score (nSPS) is 13.9. The van der Waals surface area contributed by atoms with Crippen LogP contribution in [0.25, 0.3) is 5.57 Å². The van der Waals surface area contributed by atoms with Crippen molar-refractivity contribution in [1.29, 1.82) is 0 Å². The van der Waals surface area contributed by atoms with Crippen molar-refractivity contribution in [2.75, 3.05) is 169 Å². The molecule has 1 fully saturated rings. The minimum atomic E-state index is -0.641. The first-order chi connectivity index (χ1) is 55.6. The smallest absolute Gasteiger partial charge is 0.291 e. The highest BCUT2D eigenvalue weighted by atomic mass is 16.6. The summed E-state index contributed by atoms with van der Waals surface area (Å²) in [5.41, 5.74) is 7.14. The van der Waals surface area contributed by atoms with Gasteiger partial charge in [-0.25, -0.2) is 15.0 Å². The molecule has 10 rings (SSSR count). The summed E-state index contributed by atoms with van der Waals surface area (Å²) < 4.78 is 46.4. The molecule has 115 heavy (non-hydrogen) atoms. The van der Waals surface area contributed by atoms with E-state index in [0.717, 1.165) is 53.0 Å². The second-order valence-electron chi connectivity index (χ2n) is 27.7. The van der Waals surface area contributed by atoms with Gasteiger partial charge in [0.15, 0.2) is 17.5 Å². The van der Waals surface area contributed by atoms with E-state index in [1.807, 2.05) is 23.1 Å². The van der Waals surface area contributed by atoms with E-state index in [4.69, 9.17) is 33.2 Å². The van der Waals surface area contributed by atoms with Crippen LogP contribution in [0.1, 0.15) is 115 Å². The van der Waals surface area contributed by atoms with Gasteiger partial charge in [-0.2, -0.15) is 0 Å². The Balaban J connectivity index is 0.484. The van der Waals surface area contributed by atoms with Gasteiger partial charge in [0.2, 0.25) is 41.2 Å². The van der Waals surface area contributed by atoms with Gasteiger partial charge < -0.3 is 118 Å². The number of nitrogens with one attached hydrogen (secondary N) is 8. The molecule has 0 radical (unpaired) electrons. The zero-order chi connectivity index (χ0) is 81.8. The number of hydrogen-bond acceptors (Lipinski definition) is 22. The van der Waals surface area contributed by atoms with Crippen LogP contribution >= 0.6 is 0 Å². The predicted octanol–water partition coefficient (Wildman–Crippen LogP) is 2.90. The summed E-state index contributed by atoms with van der Waals surface area (Å²) in [7, 11) is 8.04. The molecule has 9 N–H and O–H groups in total. The summed E-state index contributed by atoms with van der Waals surface area (Å²) >= 11 is 0. The number of carbonyl (C=O) groups excluding carboxylic acids is 10. The lowest BCUT2D eigenvalue weighted by Gasteiger charge is -2.44. The molecule has 2 aromatic carbocycles. The van der Waals surface area contributed by atoms with Gasteiger partial charge in [0.05, 0.1) is 121 Å².